The highest BCUT2D eigenvalue weighted by molar-refractivity contribution is 6.31. The molecule has 6 heteroatoms. The maximum absolute atomic E-state index is 12.0. The number of halogens is 1. The normalized spacial score (nSPS) is 16.1. The molecule has 1 aliphatic heterocycles. The van der Waals surface area contributed by atoms with E-state index in [4.69, 9.17) is 16.3 Å². The number of ether oxygens (including phenoxy) is 1. The smallest absolute Gasteiger partial charge is 0.226 e. The van der Waals surface area contributed by atoms with Crippen LogP contribution in [-0.2, 0) is 18.4 Å². The second kappa shape index (κ2) is 6.84. The third-order valence-corrected chi connectivity index (χ3v) is 4.99. The molecule has 0 unspecified atom stereocenters. The molecule has 4 rings (SSSR count). The summed E-state index contributed by atoms with van der Waals surface area (Å²) in [5.41, 5.74) is 3.05. The zero-order chi connectivity index (χ0) is 18.1. The number of anilines is 1. The van der Waals surface area contributed by atoms with Gasteiger partial charge in [-0.15, -0.1) is 0 Å². The van der Waals surface area contributed by atoms with Gasteiger partial charge in [0.15, 0.2) is 0 Å². The summed E-state index contributed by atoms with van der Waals surface area (Å²) >= 11 is 6.16. The van der Waals surface area contributed by atoms with Crippen LogP contribution in [0.5, 0.6) is 5.75 Å². The van der Waals surface area contributed by atoms with Crippen molar-refractivity contribution in [3.63, 3.8) is 0 Å². The number of aryl methyl sites for hydroxylation is 1. The van der Waals surface area contributed by atoms with Gasteiger partial charge in [0.05, 0.1) is 6.20 Å². The van der Waals surface area contributed by atoms with Crippen LogP contribution in [0.1, 0.15) is 29.0 Å². The number of carbonyl (C=O) groups is 1. The Hall–Kier alpha value is -2.79. The number of nitrogens with one attached hydrogen (secondary N) is 1. The second-order valence-electron chi connectivity index (χ2n) is 6.33. The van der Waals surface area contributed by atoms with E-state index >= 15 is 0 Å². The fourth-order valence-electron chi connectivity index (χ4n) is 3.21. The quantitative estimate of drug-likeness (QED) is 0.754. The molecule has 0 bridgehead atoms. The lowest BCUT2D eigenvalue weighted by atomic mass is 9.87. The van der Waals surface area contributed by atoms with Crippen molar-refractivity contribution in [3.8, 4) is 5.75 Å². The van der Waals surface area contributed by atoms with Crippen LogP contribution in [-0.4, -0.2) is 15.7 Å². The van der Waals surface area contributed by atoms with Crippen molar-refractivity contribution in [2.24, 2.45) is 7.05 Å². The zero-order valence-electron chi connectivity index (χ0n) is 14.3. The highest BCUT2D eigenvalue weighted by atomic mass is 35.5. The van der Waals surface area contributed by atoms with Gasteiger partial charge in [-0.25, -0.2) is 0 Å². The summed E-state index contributed by atoms with van der Waals surface area (Å²) in [6.45, 7) is 0.414. The predicted octanol–water partition coefficient (Wildman–Crippen LogP) is 4.13. The summed E-state index contributed by atoms with van der Waals surface area (Å²) in [5, 5.41) is 7.85. The van der Waals surface area contributed by atoms with Crippen molar-refractivity contribution >= 4 is 23.3 Å². The van der Waals surface area contributed by atoms with Crippen LogP contribution in [0.25, 0.3) is 0 Å². The zero-order valence-corrected chi connectivity index (χ0v) is 15.0. The summed E-state index contributed by atoms with van der Waals surface area (Å²) in [5.74, 6) is 1.54. The molecule has 5 nitrogen and oxygen atoms in total. The first-order valence-electron chi connectivity index (χ1n) is 8.40. The molecular formula is C20H18ClN3O2. The molecule has 1 N–H and O–H groups in total. The Morgan fingerprint density at radius 2 is 2.00 bits per heavy atom. The number of nitrogens with zero attached hydrogens (tertiary/aromatic N) is 2. The lowest BCUT2D eigenvalue weighted by Gasteiger charge is -2.23. The highest BCUT2D eigenvalue weighted by Gasteiger charge is 2.29. The Bertz CT molecular complexity index is 950. The van der Waals surface area contributed by atoms with Crippen molar-refractivity contribution in [2.45, 2.75) is 18.9 Å². The van der Waals surface area contributed by atoms with Crippen molar-refractivity contribution in [1.82, 2.24) is 9.78 Å². The van der Waals surface area contributed by atoms with E-state index in [0.717, 1.165) is 28.3 Å². The van der Waals surface area contributed by atoms with E-state index in [1.807, 2.05) is 61.8 Å². The van der Waals surface area contributed by atoms with Gasteiger partial charge in [0.1, 0.15) is 18.2 Å². The van der Waals surface area contributed by atoms with Gasteiger partial charge in [-0.05, 0) is 23.8 Å². The van der Waals surface area contributed by atoms with E-state index in [2.05, 4.69) is 10.4 Å². The molecule has 1 atom stereocenters. The number of benzene rings is 2. The monoisotopic (exact) mass is 367 g/mol. The summed E-state index contributed by atoms with van der Waals surface area (Å²) in [6.07, 6.45) is 2.24. The molecule has 1 aromatic heterocycles. The van der Waals surface area contributed by atoms with Crippen molar-refractivity contribution < 1.29 is 9.53 Å². The van der Waals surface area contributed by atoms with Gasteiger partial charge in [-0.2, -0.15) is 5.10 Å². The summed E-state index contributed by atoms with van der Waals surface area (Å²) in [4.78, 5) is 12.0. The first-order valence-corrected chi connectivity index (χ1v) is 8.77. The average molecular weight is 368 g/mol. The van der Waals surface area contributed by atoms with Gasteiger partial charge in [-0.1, -0.05) is 41.9 Å². The Balaban J connectivity index is 1.51. The van der Waals surface area contributed by atoms with E-state index < -0.39 is 0 Å². The van der Waals surface area contributed by atoms with Crippen LogP contribution >= 0.6 is 11.6 Å². The number of hydrogen-bond donors (Lipinski definition) is 1. The van der Waals surface area contributed by atoms with Gasteiger partial charge in [0.2, 0.25) is 5.91 Å². The van der Waals surface area contributed by atoms with Gasteiger partial charge >= 0.3 is 0 Å². The summed E-state index contributed by atoms with van der Waals surface area (Å²) < 4.78 is 7.52. The number of fused-ring (bicyclic) bond motifs is 1. The second-order valence-corrected chi connectivity index (χ2v) is 6.73. The van der Waals surface area contributed by atoms with E-state index in [1.165, 1.54) is 0 Å². The number of hydrogen-bond acceptors (Lipinski definition) is 3. The van der Waals surface area contributed by atoms with Crippen molar-refractivity contribution in [3.05, 3.63) is 76.4 Å². The van der Waals surface area contributed by atoms with E-state index in [0.29, 0.717) is 18.1 Å². The lowest BCUT2D eigenvalue weighted by molar-refractivity contribution is -0.116. The topological polar surface area (TPSA) is 56.2 Å². The Kier molecular flexibility index (Phi) is 4.39. The molecule has 0 spiro atoms. The summed E-state index contributed by atoms with van der Waals surface area (Å²) in [7, 11) is 1.83. The molecule has 2 heterocycles. The molecule has 1 aliphatic rings. The van der Waals surface area contributed by atoms with Crippen LogP contribution in [0.2, 0.25) is 5.02 Å². The van der Waals surface area contributed by atoms with Gasteiger partial charge in [-0.3, -0.25) is 9.48 Å². The minimum atomic E-state index is 0.00469. The van der Waals surface area contributed by atoms with Gasteiger partial charge < -0.3 is 10.1 Å². The first kappa shape index (κ1) is 16.7. The van der Waals surface area contributed by atoms with E-state index in [1.54, 1.807) is 4.68 Å². The van der Waals surface area contributed by atoms with Crippen LogP contribution in [0, 0.1) is 0 Å². The van der Waals surface area contributed by atoms with Gasteiger partial charge in [0.25, 0.3) is 0 Å². The first-order chi connectivity index (χ1) is 12.6. The molecular weight excluding hydrogens is 350 g/mol. The Morgan fingerprint density at radius 3 is 2.77 bits per heavy atom. The Morgan fingerprint density at radius 1 is 1.23 bits per heavy atom. The molecule has 0 aliphatic carbocycles. The third-order valence-electron chi connectivity index (χ3n) is 4.62. The average Bonchev–Trinajstić information content (AvgIpc) is 3.02. The SMILES string of the molecule is Cn1ncc2c1NC(=O)C[C@@H]2c1ccc(OCc2ccccc2Cl)cc1. The molecule has 2 aromatic carbocycles. The minimum Gasteiger partial charge on any atom is -0.489 e. The number of rotatable bonds is 4. The molecule has 132 valence electrons. The molecule has 0 fully saturated rings. The number of amides is 1. The number of carbonyl (C=O) groups excluding carboxylic acids is 1. The highest BCUT2D eigenvalue weighted by Crippen LogP contribution is 2.37. The molecule has 26 heavy (non-hydrogen) atoms. The lowest BCUT2D eigenvalue weighted by Crippen LogP contribution is -2.24. The molecule has 0 radical (unpaired) electrons. The molecule has 0 saturated heterocycles. The fraction of sp³-hybridized carbons (Fsp3) is 0.200. The van der Waals surface area contributed by atoms with Crippen molar-refractivity contribution in [1.29, 1.82) is 0 Å². The summed E-state index contributed by atoms with van der Waals surface area (Å²) in [6, 6.07) is 15.5. The molecule has 0 saturated carbocycles. The predicted molar refractivity (Wildman–Crippen MR) is 101 cm³/mol. The maximum atomic E-state index is 12.0. The van der Waals surface area contributed by atoms with E-state index in [-0.39, 0.29) is 11.8 Å². The standard InChI is InChI=1S/C20H18ClN3O2/c1-24-20-17(11-22-24)16(10-19(25)23-20)13-6-8-15(9-7-13)26-12-14-4-2-3-5-18(14)21/h2-9,11,16H,10,12H2,1H3,(H,23,25)/t16-/m1/s1. The van der Waals surface area contributed by atoms with Crippen LogP contribution in [0.3, 0.4) is 0 Å². The molecule has 1 amide bonds. The fourth-order valence-corrected chi connectivity index (χ4v) is 3.40. The van der Waals surface area contributed by atoms with Crippen LogP contribution in [0.15, 0.2) is 54.7 Å². The third kappa shape index (κ3) is 3.18. The Labute approximate surface area is 156 Å². The van der Waals surface area contributed by atoms with Gasteiger partial charge in [0, 0.05) is 35.5 Å². The largest absolute Gasteiger partial charge is 0.489 e. The van der Waals surface area contributed by atoms with Crippen molar-refractivity contribution in [2.75, 3.05) is 5.32 Å². The molecule has 3 aromatic rings. The van der Waals surface area contributed by atoms with E-state index in [9.17, 15) is 4.79 Å². The minimum absolute atomic E-state index is 0.00469. The number of aromatic nitrogens is 2. The van der Waals surface area contributed by atoms with Crippen LogP contribution in [0.4, 0.5) is 5.82 Å². The van der Waals surface area contributed by atoms with Crippen LogP contribution < -0.4 is 10.1 Å². The maximum Gasteiger partial charge on any atom is 0.226 e.